The molecule has 0 atom stereocenters. The first-order valence-corrected chi connectivity index (χ1v) is 11.2. The lowest BCUT2D eigenvalue weighted by Crippen LogP contribution is -2.32. The molecule has 168 valence electrons. The molecular weight excluding hydrogens is 416 g/mol. The van der Waals surface area contributed by atoms with Crippen LogP contribution in [-0.4, -0.2) is 48.3 Å². The number of benzene rings is 1. The Hall–Kier alpha value is -3.78. The molecule has 33 heavy (non-hydrogen) atoms. The summed E-state index contributed by atoms with van der Waals surface area (Å²) in [5, 5.41) is 4.69. The fraction of sp³-hybridized carbons (Fsp3) is 0.280. The van der Waals surface area contributed by atoms with Gasteiger partial charge in [-0.25, -0.2) is 14.8 Å². The molecule has 0 N–H and O–H groups in total. The van der Waals surface area contributed by atoms with Crippen molar-refractivity contribution in [3.8, 4) is 5.95 Å². The normalized spacial score (nSPS) is 13.6. The van der Waals surface area contributed by atoms with E-state index in [2.05, 4.69) is 33.1 Å². The monoisotopic (exact) mass is 442 g/mol. The molecule has 4 aromatic rings. The number of fused-ring (bicyclic) bond motifs is 1. The molecule has 4 heterocycles. The smallest absolute Gasteiger partial charge is 0.359 e. The summed E-state index contributed by atoms with van der Waals surface area (Å²) in [6.07, 6.45) is 6.27. The minimum absolute atomic E-state index is 0.327. The van der Waals surface area contributed by atoms with E-state index in [0.717, 1.165) is 42.0 Å². The second-order valence-electron chi connectivity index (χ2n) is 8.02. The van der Waals surface area contributed by atoms with Gasteiger partial charge in [-0.1, -0.05) is 30.3 Å². The number of hydrogen-bond donors (Lipinski definition) is 0. The van der Waals surface area contributed by atoms with Crippen LogP contribution in [0.25, 0.3) is 5.95 Å². The van der Waals surface area contributed by atoms with E-state index in [1.807, 2.05) is 52.7 Å². The Balaban J connectivity index is 1.41. The highest BCUT2D eigenvalue weighted by atomic mass is 16.5. The Kier molecular flexibility index (Phi) is 5.99. The van der Waals surface area contributed by atoms with Crippen molar-refractivity contribution in [2.24, 2.45) is 0 Å². The zero-order chi connectivity index (χ0) is 22.6. The van der Waals surface area contributed by atoms with Gasteiger partial charge in [-0.15, -0.1) is 0 Å². The van der Waals surface area contributed by atoms with Crippen LogP contribution in [0.15, 0.2) is 67.1 Å². The Morgan fingerprint density at radius 3 is 2.64 bits per heavy atom. The van der Waals surface area contributed by atoms with Gasteiger partial charge in [-0.3, -0.25) is 14.1 Å². The fourth-order valence-electron chi connectivity index (χ4n) is 4.32. The Bertz CT molecular complexity index is 1230. The average molecular weight is 443 g/mol. The number of carbonyl (C=O) groups excluding carboxylic acids is 1. The molecule has 5 rings (SSSR count). The third-order valence-corrected chi connectivity index (χ3v) is 5.84. The molecule has 1 aliphatic heterocycles. The first kappa shape index (κ1) is 21.1. The molecule has 0 saturated heterocycles. The van der Waals surface area contributed by atoms with Gasteiger partial charge < -0.3 is 4.74 Å². The summed E-state index contributed by atoms with van der Waals surface area (Å²) in [7, 11) is 0. The van der Waals surface area contributed by atoms with Crippen molar-refractivity contribution in [1.82, 2.24) is 29.2 Å². The van der Waals surface area contributed by atoms with E-state index in [0.29, 0.717) is 31.3 Å². The van der Waals surface area contributed by atoms with Crippen LogP contribution in [0.4, 0.5) is 0 Å². The standard InChI is InChI=1S/C25H26N6O2/c1-2-33-24(32)23-21-18-29(17-20-10-6-14-30(20)25-26-12-7-13-27-25)15-11-22(21)31(28-23)16-19-8-4-3-5-9-19/h3-10,12-14H,2,11,15-18H2,1H3. The molecule has 8 heteroatoms. The van der Waals surface area contributed by atoms with E-state index < -0.39 is 0 Å². The third-order valence-electron chi connectivity index (χ3n) is 5.84. The van der Waals surface area contributed by atoms with Gasteiger partial charge in [0.2, 0.25) is 5.95 Å². The minimum Gasteiger partial charge on any atom is -0.461 e. The Morgan fingerprint density at radius 2 is 1.85 bits per heavy atom. The SMILES string of the molecule is CCOC(=O)c1nn(Cc2ccccc2)c2c1CN(Cc1cccn1-c1ncccn1)CC2. The molecule has 1 aromatic carbocycles. The van der Waals surface area contributed by atoms with E-state index in [1.165, 1.54) is 0 Å². The van der Waals surface area contributed by atoms with E-state index in [9.17, 15) is 4.79 Å². The van der Waals surface area contributed by atoms with Crippen LogP contribution < -0.4 is 0 Å². The van der Waals surface area contributed by atoms with Gasteiger partial charge in [0.15, 0.2) is 5.69 Å². The molecule has 0 amide bonds. The van der Waals surface area contributed by atoms with Gasteiger partial charge in [0, 0.05) is 61.6 Å². The van der Waals surface area contributed by atoms with Gasteiger partial charge in [0.1, 0.15) is 0 Å². The number of rotatable bonds is 7. The van der Waals surface area contributed by atoms with Crippen LogP contribution >= 0.6 is 0 Å². The van der Waals surface area contributed by atoms with Gasteiger partial charge >= 0.3 is 5.97 Å². The first-order valence-electron chi connectivity index (χ1n) is 11.2. The molecule has 0 radical (unpaired) electrons. The highest BCUT2D eigenvalue weighted by Gasteiger charge is 2.29. The van der Waals surface area contributed by atoms with Crippen molar-refractivity contribution in [3.63, 3.8) is 0 Å². The largest absolute Gasteiger partial charge is 0.461 e. The highest BCUT2D eigenvalue weighted by molar-refractivity contribution is 5.89. The van der Waals surface area contributed by atoms with E-state index in [-0.39, 0.29) is 5.97 Å². The summed E-state index contributed by atoms with van der Waals surface area (Å²) in [5.41, 5.74) is 4.75. The predicted octanol–water partition coefficient (Wildman–Crippen LogP) is 3.25. The van der Waals surface area contributed by atoms with Crippen molar-refractivity contribution in [2.45, 2.75) is 33.0 Å². The van der Waals surface area contributed by atoms with Gasteiger partial charge in [-0.05, 0) is 30.7 Å². The van der Waals surface area contributed by atoms with Crippen molar-refractivity contribution >= 4 is 5.97 Å². The zero-order valence-corrected chi connectivity index (χ0v) is 18.6. The second kappa shape index (κ2) is 9.38. The maximum atomic E-state index is 12.7. The summed E-state index contributed by atoms with van der Waals surface area (Å²) < 4.78 is 9.29. The van der Waals surface area contributed by atoms with Crippen LogP contribution in [0.3, 0.4) is 0 Å². The molecule has 3 aromatic heterocycles. The topological polar surface area (TPSA) is 78.1 Å². The number of ether oxygens (including phenoxy) is 1. The quantitative estimate of drug-likeness (QED) is 0.409. The van der Waals surface area contributed by atoms with Crippen molar-refractivity contribution in [3.05, 3.63) is 95.3 Å². The number of esters is 1. The molecule has 0 fully saturated rings. The van der Waals surface area contributed by atoms with Crippen LogP contribution in [0.1, 0.15) is 39.9 Å². The van der Waals surface area contributed by atoms with Gasteiger partial charge in [-0.2, -0.15) is 5.10 Å². The highest BCUT2D eigenvalue weighted by Crippen LogP contribution is 2.26. The number of aromatic nitrogens is 5. The fourth-order valence-corrected chi connectivity index (χ4v) is 4.32. The molecule has 8 nitrogen and oxygen atoms in total. The lowest BCUT2D eigenvalue weighted by Gasteiger charge is -2.28. The molecular formula is C25H26N6O2. The van der Waals surface area contributed by atoms with E-state index in [1.54, 1.807) is 12.4 Å². The molecule has 0 unspecified atom stereocenters. The summed E-state index contributed by atoms with van der Waals surface area (Å²) in [6.45, 7) is 5.01. The van der Waals surface area contributed by atoms with Crippen molar-refractivity contribution in [2.75, 3.05) is 13.2 Å². The van der Waals surface area contributed by atoms with Crippen molar-refractivity contribution in [1.29, 1.82) is 0 Å². The maximum absolute atomic E-state index is 12.7. The van der Waals surface area contributed by atoms with E-state index >= 15 is 0 Å². The summed E-state index contributed by atoms with van der Waals surface area (Å²) in [5.74, 6) is 0.293. The van der Waals surface area contributed by atoms with Gasteiger partial charge in [0.25, 0.3) is 0 Å². The Morgan fingerprint density at radius 1 is 1.03 bits per heavy atom. The number of carbonyl (C=O) groups is 1. The van der Waals surface area contributed by atoms with Crippen LogP contribution in [-0.2, 0) is 30.8 Å². The first-order chi connectivity index (χ1) is 16.2. The summed E-state index contributed by atoms with van der Waals surface area (Å²) in [6, 6.07) is 16.1. The van der Waals surface area contributed by atoms with Crippen LogP contribution in [0, 0.1) is 0 Å². The number of nitrogens with zero attached hydrogens (tertiary/aromatic N) is 6. The average Bonchev–Trinajstić information content (AvgIpc) is 3.45. The third kappa shape index (κ3) is 4.42. The second-order valence-corrected chi connectivity index (χ2v) is 8.02. The zero-order valence-electron chi connectivity index (χ0n) is 18.6. The summed E-state index contributed by atoms with van der Waals surface area (Å²) >= 11 is 0. The molecule has 0 saturated carbocycles. The number of hydrogen-bond acceptors (Lipinski definition) is 6. The minimum atomic E-state index is -0.358. The molecule has 0 bridgehead atoms. The Labute approximate surface area is 192 Å². The van der Waals surface area contributed by atoms with Crippen molar-refractivity contribution < 1.29 is 9.53 Å². The van der Waals surface area contributed by atoms with Gasteiger partial charge in [0.05, 0.1) is 13.2 Å². The van der Waals surface area contributed by atoms with E-state index in [4.69, 9.17) is 9.84 Å². The predicted molar refractivity (Wildman–Crippen MR) is 123 cm³/mol. The molecule has 0 spiro atoms. The maximum Gasteiger partial charge on any atom is 0.359 e. The van der Waals surface area contributed by atoms with Crippen LogP contribution in [0.5, 0.6) is 0 Å². The lowest BCUT2D eigenvalue weighted by molar-refractivity contribution is 0.0515. The lowest BCUT2D eigenvalue weighted by atomic mass is 10.0. The molecule has 1 aliphatic rings. The molecule has 0 aliphatic carbocycles. The summed E-state index contributed by atoms with van der Waals surface area (Å²) in [4.78, 5) is 23.8. The van der Waals surface area contributed by atoms with Crippen LogP contribution in [0.2, 0.25) is 0 Å².